The van der Waals surface area contributed by atoms with Crippen LogP contribution in [0.25, 0.3) is 11.0 Å². The third kappa shape index (κ3) is 3.00. The van der Waals surface area contributed by atoms with Crippen LogP contribution in [0.2, 0.25) is 0 Å². The smallest absolute Gasteiger partial charge is 0.139 e. The number of nitrogens with zero attached hydrogens (tertiary/aromatic N) is 3. The molecule has 20 heavy (non-hydrogen) atoms. The van der Waals surface area contributed by atoms with Crippen molar-refractivity contribution in [1.82, 2.24) is 14.5 Å². The van der Waals surface area contributed by atoms with Gasteiger partial charge in [-0.05, 0) is 49.9 Å². The highest BCUT2D eigenvalue weighted by Crippen LogP contribution is 2.31. The van der Waals surface area contributed by atoms with Crippen molar-refractivity contribution in [3.8, 4) is 0 Å². The fourth-order valence-corrected chi connectivity index (χ4v) is 2.95. The second-order valence-electron chi connectivity index (χ2n) is 5.32. The van der Waals surface area contributed by atoms with Gasteiger partial charge < -0.3 is 9.47 Å². The van der Waals surface area contributed by atoms with Crippen molar-refractivity contribution < 1.29 is 4.39 Å². The van der Waals surface area contributed by atoms with Gasteiger partial charge in [0.05, 0.1) is 20.9 Å². The Labute approximate surface area is 131 Å². The molecule has 3 nitrogen and oxygen atoms in total. The van der Waals surface area contributed by atoms with Gasteiger partial charge in [0.1, 0.15) is 11.6 Å². The van der Waals surface area contributed by atoms with Crippen molar-refractivity contribution in [2.75, 3.05) is 20.6 Å². The highest BCUT2D eigenvalue weighted by atomic mass is 79.9. The van der Waals surface area contributed by atoms with Crippen LogP contribution < -0.4 is 0 Å². The zero-order valence-electron chi connectivity index (χ0n) is 12.0. The van der Waals surface area contributed by atoms with Gasteiger partial charge in [-0.1, -0.05) is 0 Å². The van der Waals surface area contributed by atoms with Crippen LogP contribution in [-0.2, 0) is 0 Å². The van der Waals surface area contributed by atoms with E-state index in [9.17, 15) is 4.39 Å². The standard InChI is InChI=1S/C14H18BrClFN3/c1-8(7-19(3)4)20-13-5-10(15)11(17)6-12(13)18-14(20)9(2)16/h5-6,8-9H,7H2,1-4H3. The van der Waals surface area contributed by atoms with Crippen LogP contribution in [0.5, 0.6) is 0 Å². The van der Waals surface area contributed by atoms with Crippen LogP contribution in [0.1, 0.15) is 31.1 Å². The molecule has 2 aromatic rings. The first kappa shape index (κ1) is 15.7. The van der Waals surface area contributed by atoms with Gasteiger partial charge in [-0.15, -0.1) is 11.6 Å². The Kier molecular flexibility index (Phi) is 4.72. The summed E-state index contributed by atoms with van der Waals surface area (Å²) in [6, 6.07) is 3.41. The zero-order chi connectivity index (χ0) is 15.0. The molecule has 6 heteroatoms. The molecule has 2 rings (SSSR count). The monoisotopic (exact) mass is 361 g/mol. The van der Waals surface area contributed by atoms with Crippen molar-refractivity contribution in [3.63, 3.8) is 0 Å². The molecule has 2 unspecified atom stereocenters. The number of imidazole rings is 1. The number of fused-ring (bicyclic) bond motifs is 1. The molecule has 0 fully saturated rings. The number of alkyl halides is 1. The Bertz CT molecular complexity index is 624. The topological polar surface area (TPSA) is 21.1 Å². The number of rotatable bonds is 4. The Hall–Kier alpha value is -0.650. The highest BCUT2D eigenvalue weighted by Gasteiger charge is 2.20. The summed E-state index contributed by atoms with van der Waals surface area (Å²) in [5.74, 6) is 0.463. The van der Waals surface area contributed by atoms with Gasteiger partial charge in [-0.3, -0.25) is 0 Å². The van der Waals surface area contributed by atoms with Crippen molar-refractivity contribution in [1.29, 1.82) is 0 Å². The summed E-state index contributed by atoms with van der Waals surface area (Å²) in [4.78, 5) is 6.60. The second kappa shape index (κ2) is 6.00. The largest absolute Gasteiger partial charge is 0.323 e. The van der Waals surface area contributed by atoms with Gasteiger partial charge >= 0.3 is 0 Å². The SMILES string of the molecule is CC(Cl)c1nc2cc(F)c(Br)cc2n1C(C)CN(C)C. The Balaban J connectivity index is 2.64. The average molecular weight is 363 g/mol. The number of likely N-dealkylation sites (N-methyl/N-ethyl adjacent to an activating group) is 1. The maximum absolute atomic E-state index is 13.7. The summed E-state index contributed by atoms with van der Waals surface area (Å²) in [5, 5.41) is -0.228. The lowest BCUT2D eigenvalue weighted by Gasteiger charge is -2.22. The van der Waals surface area contributed by atoms with Crippen LogP contribution in [0.15, 0.2) is 16.6 Å². The Morgan fingerprint density at radius 2 is 2.05 bits per heavy atom. The zero-order valence-corrected chi connectivity index (χ0v) is 14.3. The van der Waals surface area contributed by atoms with E-state index < -0.39 is 0 Å². The number of aromatic nitrogens is 2. The minimum atomic E-state index is -0.309. The van der Waals surface area contributed by atoms with Gasteiger partial charge in [0.25, 0.3) is 0 Å². The number of benzene rings is 1. The Morgan fingerprint density at radius 3 is 2.60 bits per heavy atom. The molecule has 1 aromatic heterocycles. The quantitative estimate of drug-likeness (QED) is 0.754. The van der Waals surface area contributed by atoms with Crippen LogP contribution >= 0.6 is 27.5 Å². The maximum atomic E-state index is 13.7. The van der Waals surface area contributed by atoms with E-state index in [1.54, 1.807) is 6.07 Å². The van der Waals surface area contributed by atoms with Gasteiger partial charge in [0.2, 0.25) is 0 Å². The Morgan fingerprint density at radius 1 is 1.40 bits per heavy atom. The molecule has 0 amide bonds. The second-order valence-corrected chi connectivity index (χ2v) is 6.83. The molecular weight excluding hydrogens is 345 g/mol. The molecule has 1 heterocycles. The molecule has 0 aliphatic heterocycles. The minimum absolute atomic E-state index is 0.198. The van der Waals surface area contributed by atoms with E-state index in [1.807, 2.05) is 21.0 Å². The van der Waals surface area contributed by atoms with Crippen LogP contribution in [-0.4, -0.2) is 35.1 Å². The maximum Gasteiger partial charge on any atom is 0.139 e. The molecular formula is C14H18BrClFN3. The molecule has 2 atom stereocenters. The van der Waals surface area contributed by atoms with Crippen LogP contribution in [0.3, 0.4) is 0 Å². The third-order valence-electron chi connectivity index (χ3n) is 3.18. The summed E-state index contributed by atoms with van der Waals surface area (Å²) in [6.45, 7) is 4.85. The van der Waals surface area contributed by atoms with Crippen LogP contribution in [0.4, 0.5) is 4.39 Å². The first-order valence-corrected chi connectivity index (χ1v) is 7.70. The van der Waals surface area contributed by atoms with E-state index in [2.05, 4.69) is 37.3 Å². The van der Waals surface area contributed by atoms with E-state index >= 15 is 0 Å². The first-order valence-electron chi connectivity index (χ1n) is 6.47. The summed E-state index contributed by atoms with van der Waals surface area (Å²) >= 11 is 9.47. The normalized spacial score (nSPS) is 15.0. The molecule has 1 aromatic carbocycles. The molecule has 110 valence electrons. The summed E-state index contributed by atoms with van der Waals surface area (Å²) in [7, 11) is 4.05. The van der Waals surface area contributed by atoms with Crippen molar-refractivity contribution in [2.24, 2.45) is 0 Å². The number of halogens is 3. The lowest BCUT2D eigenvalue weighted by atomic mass is 10.2. The van der Waals surface area contributed by atoms with E-state index in [4.69, 9.17) is 11.6 Å². The van der Waals surface area contributed by atoms with Crippen LogP contribution in [0, 0.1) is 5.82 Å². The van der Waals surface area contributed by atoms with Gasteiger partial charge in [-0.25, -0.2) is 9.37 Å². The van der Waals surface area contributed by atoms with Crippen molar-refractivity contribution >= 4 is 38.6 Å². The molecule has 0 bridgehead atoms. The molecule has 0 N–H and O–H groups in total. The van der Waals surface area contributed by atoms with E-state index in [0.717, 1.165) is 17.9 Å². The van der Waals surface area contributed by atoms with Gasteiger partial charge in [0, 0.05) is 18.7 Å². The third-order valence-corrected chi connectivity index (χ3v) is 3.99. The molecule has 0 aliphatic carbocycles. The number of hydrogen-bond acceptors (Lipinski definition) is 2. The van der Waals surface area contributed by atoms with Crippen molar-refractivity contribution in [2.45, 2.75) is 25.3 Å². The predicted octanol–water partition coefficient (Wildman–Crippen LogP) is 4.36. The highest BCUT2D eigenvalue weighted by molar-refractivity contribution is 9.10. The van der Waals surface area contributed by atoms with E-state index in [-0.39, 0.29) is 17.2 Å². The molecule has 0 saturated carbocycles. The molecule has 0 spiro atoms. The fraction of sp³-hybridized carbons (Fsp3) is 0.500. The van der Waals surface area contributed by atoms with Crippen molar-refractivity contribution in [3.05, 3.63) is 28.2 Å². The summed E-state index contributed by atoms with van der Waals surface area (Å²) in [6.07, 6.45) is 0. The van der Waals surface area contributed by atoms with Gasteiger partial charge in [0.15, 0.2) is 0 Å². The summed E-state index contributed by atoms with van der Waals surface area (Å²) < 4.78 is 16.2. The molecule has 0 aliphatic rings. The predicted molar refractivity (Wildman–Crippen MR) is 84.9 cm³/mol. The summed E-state index contributed by atoms with van der Waals surface area (Å²) in [5.41, 5.74) is 1.54. The number of hydrogen-bond donors (Lipinski definition) is 0. The average Bonchev–Trinajstić information content (AvgIpc) is 2.67. The van der Waals surface area contributed by atoms with E-state index in [0.29, 0.717) is 9.99 Å². The lowest BCUT2D eigenvalue weighted by Crippen LogP contribution is -2.23. The fourth-order valence-electron chi connectivity index (χ4n) is 2.46. The molecule has 0 saturated heterocycles. The minimum Gasteiger partial charge on any atom is -0.323 e. The van der Waals surface area contributed by atoms with Gasteiger partial charge in [-0.2, -0.15) is 0 Å². The van der Waals surface area contributed by atoms with E-state index in [1.165, 1.54) is 6.07 Å². The lowest BCUT2D eigenvalue weighted by molar-refractivity contribution is 0.336. The molecule has 0 radical (unpaired) electrons. The first-order chi connectivity index (χ1) is 9.31.